The lowest BCUT2D eigenvalue weighted by Gasteiger charge is -2.36. The van der Waals surface area contributed by atoms with Crippen LogP contribution in [-0.2, 0) is 20.8 Å². The number of carbonyl (C=O) groups is 2. The number of alkyl halides is 3. The number of halogens is 3. The van der Waals surface area contributed by atoms with Gasteiger partial charge in [0.2, 0.25) is 11.9 Å². The molecule has 1 atom stereocenters. The maximum atomic E-state index is 14.3. The number of piperazine rings is 1. The van der Waals surface area contributed by atoms with Crippen LogP contribution in [0.4, 0.5) is 30.5 Å². The SMILES string of the molecule is CN1CCCCN2CCS(=O)(=O)c3cc(sc3C2=O)-c2nc(ncc2C(F)(F)F)Nc2ccc(cc2C2CC2)N2CCNC(C2)C1=O. The third-order valence-electron chi connectivity index (χ3n) is 9.16. The van der Waals surface area contributed by atoms with E-state index in [2.05, 4.69) is 31.6 Å². The van der Waals surface area contributed by atoms with Gasteiger partial charge in [0.1, 0.15) is 16.5 Å². The molecule has 2 amide bonds. The average molecular weight is 690 g/mol. The molecule has 47 heavy (non-hydrogen) atoms. The van der Waals surface area contributed by atoms with Crippen LogP contribution in [0.3, 0.4) is 0 Å². The number of rotatable bonds is 1. The molecule has 250 valence electrons. The van der Waals surface area contributed by atoms with Crippen molar-refractivity contribution >= 4 is 50.3 Å². The summed E-state index contributed by atoms with van der Waals surface area (Å²) in [6.45, 7) is 2.47. The van der Waals surface area contributed by atoms with E-state index in [4.69, 9.17) is 0 Å². The maximum absolute atomic E-state index is 14.3. The molecule has 1 aromatic carbocycles. The number of amides is 2. The molecule has 5 aliphatic rings. The maximum Gasteiger partial charge on any atom is 0.420 e. The predicted molar refractivity (Wildman–Crippen MR) is 171 cm³/mol. The monoisotopic (exact) mass is 689 g/mol. The fourth-order valence-corrected chi connectivity index (χ4v) is 9.35. The van der Waals surface area contributed by atoms with Gasteiger partial charge >= 0.3 is 6.18 Å². The number of nitrogens with zero attached hydrogens (tertiary/aromatic N) is 5. The lowest BCUT2D eigenvalue weighted by Crippen LogP contribution is -2.57. The van der Waals surface area contributed by atoms with Crippen molar-refractivity contribution in [3.63, 3.8) is 0 Å². The van der Waals surface area contributed by atoms with Crippen molar-refractivity contribution in [1.29, 1.82) is 0 Å². The molecule has 2 N–H and O–H groups in total. The predicted octanol–water partition coefficient (Wildman–Crippen LogP) is 4.10. The number of benzene rings is 1. The van der Waals surface area contributed by atoms with Gasteiger partial charge in [0.15, 0.2) is 9.84 Å². The summed E-state index contributed by atoms with van der Waals surface area (Å²) in [6, 6.07) is 6.57. The van der Waals surface area contributed by atoms with Gasteiger partial charge in [0, 0.05) is 63.9 Å². The Morgan fingerprint density at radius 3 is 2.57 bits per heavy atom. The Hall–Kier alpha value is -3.76. The lowest BCUT2D eigenvalue weighted by atomic mass is 10.1. The van der Waals surface area contributed by atoms with Crippen molar-refractivity contribution in [3.8, 4) is 10.6 Å². The molecule has 3 aromatic rings. The summed E-state index contributed by atoms with van der Waals surface area (Å²) in [5, 5.41) is 6.44. The smallest absolute Gasteiger partial charge is 0.368 e. The number of aromatic nitrogens is 2. The first-order valence-electron chi connectivity index (χ1n) is 15.6. The van der Waals surface area contributed by atoms with Gasteiger partial charge in [0.25, 0.3) is 5.91 Å². The van der Waals surface area contributed by atoms with Crippen LogP contribution in [0.2, 0.25) is 0 Å². The van der Waals surface area contributed by atoms with Gasteiger partial charge < -0.3 is 25.3 Å². The van der Waals surface area contributed by atoms with Gasteiger partial charge in [-0.2, -0.15) is 13.2 Å². The Balaban J connectivity index is 1.33. The van der Waals surface area contributed by atoms with E-state index in [1.165, 1.54) is 4.90 Å². The normalized spacial score (nSPS) is 22.0. The highest BCUT2D eigenvalue weighted by Crippen LogP contribution is 2.46. The topological polar surface area (TPSA) is 128 Å². The second-order valence-corrected chi connectivity index (χ2v) is 15.6. The molecule has 11 nitrogen and oxygen atoms in total. The quantitative estimate of drug-likeness (QED) is 0.388. The van der Waals surface area contributed by atoms with Gasteiger partial charge in [-0.1, -0.05) is 0 Å². The van der Waals surface area contributed by atoms with E-state index in [0.717, 1.165) is 30.2 Å². The van der Waals surface area contributed by atoms with E-state index in [-0.39, 0.29) is 51.3 Å². The first kappa shape index (κ1) is 31.8. The number of hydrogen-bond acceptors (Lipinski definition) is 10. The van der Waals surface area contributed by atoms with Crippen molar-refractivity contribution in [2.45, 2.75) is 48.7 Å². The number of likely N-dealkylation sites (N-methyl/N-ethyl adjacent to an activating group) is 1. The second-order valence-electron chi connectivity index (χ2n) is 12.5. The Morgan fingerprint density at radius 1 is 1.02 bits per heavy atom. The molecule has 1 unspecified atom stereocenters. The molecular formula is C31H34F3N7O4S2. The molecule has 0 radical (unpaired) electrons. The molecule has 8 rings (SSSR count). The van der Waals surface area contributed by atoms with E-state index in [1.54, 1.807) is 11.9 Å². The molecule has 2 aromatic heterocycles. The third kappa shape index (κ3) is 6.29. The molecule has 4 aliphatic heterocycles. The van der Waals surface area contributed by atoms with Crippen LogP contribution < -0.4 is 15.5 Å². The van der Waals surface area contributed by atoms with Gasteiger partial charge in [0.05, 0.1) is 21.2 Å². The number of nitrogens with one attached hydrogen (secondary N) is 2. The van der Waals surface area contributed by atoms with E-state index in [9.17, 15) is 31.2 Å². The van der Waals surface area contributed by atoms with E-state index in [0.29, 0.717) is 62.2 Å². The van der Waals surface area contributed by atoms with Gasteiger partial charge in [-0.15, -0.1) is 11.3 Å². The highest BCUT2D eigenvalue weighted by molar-refractivity contribution is 7.91. The number of thiophene rings is 1. The van der Waals surface area contributed by atoms with Crippen LogP contribution in [0, 0.1) is 0 Å². The number of carbonyl (C=O) groups excluding carboxylic acids is 2. The number of sulfone groups is 1. The van der Waals surface area contributed by atoms with Crippen molar-refractivity contribution in [3.05, 3.63) is 46.5 Å². The molecule has 1 saturated carbocycles. The molecule has 9 bridgehead atoms. The van der Waals surface area contributed by atoms with Crippen LogP contribution in [0.25, 0.3) is 10.6 Å². The van der Waals surface area contributed by atoms with Crippen molar-refractivity contribution in [2.75, 3.05) is 62.3 Å². The molecule has 0 spiro atoms. The molecule has 6 heterocycles. The Labute approximate surface area is 274 Å². The van der Waals surface area contributed by atoms with Crippen LogP contribution in [0.15, 0.2) is 35.4 Å². The summed E-state index contributed by atoms with van der Waals surface area (Å²) in [4.78, 5) is 40.1. The second kappa shape index (κ2) is 12.0. The van der Waals surface area contributed by atoms with Crippen molar-refractivity contribution in [2.24, 2.45) is 0 Å². The molecule has 1 aliphatic carbocycles. The highest BCUT2D eigenvalue weighted by atomic mass is 32.2. The zero-order valence-corrected chi connectivity index (χ0v) is 27.3. The first-order valence-corrected chi connectivity index (χ1v) is 18.1. The lowest BCUT2D eigenvalue weighted by molar-refractivity contribution is -0.137. The number of anilines is 3. The van der Waals surface area contributed by atoms with Crippen LogP contribution in [-0.4, -0.2) is 98.1 Å². The zero-order chi connectivity index (χ0) is 33.1. The van der Waals surface area contributed by atoms with Crippen LogP contribution in [0.5, 0.6) is 0 Å². The standard InChI is InChI=1S/C31H34F3N7O4S2/c1-39-9-2-3-10-40-12-13-47(44,45)25-15-24(46-27(25)29(40)43)26-21(31(32,33)34)16-36-30(38-26)37-22-7-6-19(14-20(22)18-4-5-18)41-11-8-35-23(17-41)28(39)42/h6-7,14-16,18,23,35H,2-5,8-13,17H2,1H3,(H,36,37,38). The highest BCUT2D eigenvalue weighted by Gasteiger charge is 2.39. The Kier molecular flexibility index (Phi) is 8.15. The fraction of sp³-hybridized carbons (Fsp3) is 0.484. The van der Waals surface area contributed by atoms with E-state index in [1.807, 2.05) is 12.1 Å². The van der Waals surface area contributed by atoms with Gasteiger partial charge in [-0.3, -0.25) is 9.59 Å². The van der Waals surface area contributed by atoms with Crippen LogP contribution >= 0.6 is 11.3 Å². The fourth-order valence-electron chi connectivity index (χ4n) is 6.40. The van der Waals surface area contributed by atoms with Crippen molar-refractivity contribution < 1.29 is 31.2 Å². The minimum Gasteiger partial charge on any atom is -0.368 e. The first-order chi connectivity index (χ1) is 22.4. The molecule has 16 heteroatoms. The largest absolute Gasteiger partial charge is 0.420 e. The minimum atomic E-state index is -4.83. The Bertz CT molecular complexity index is 1840. The van der Waals surface area contributed by atoms with Crippen molar-refractivity contribution in [1.82, 2.24) is 25.1 Å². The molecular weight excluding hydrogens is 656 g/mol. The molecule has 1 saturated heterocycles. The number of hydrogen-bond donors (Lipinski definition) is 2. The zero-order valence-electron chi connectivity index (χ0n) is 25.6. The Morgan fingerprint density at radius 2 is 1.81 bits per heavy atom. The van der Waals surface area contributed by atoms with Crippen LogP contribution in [0.1, 0.15) is 52.4 Å². The summed E-state index contributed by atoms with van der Waals surface area (Å²) in [5.41, 5.74) is 0.971. The summed E-state index contributed by atoms with van der Waals surface area (Å²) >= 11 is 0.695. The van der Waals surface area contributed by atoms with E-state index >= 15 is 0 Å². The molecule has 2 fully saturated rings. The third-order valence-corrected chi connectivity index (χ3v) is 12.1. The summed E-state index contributed by atoms with van der Waals surface area (Å²) < 4.78 is 69.4. The summed E-state index contributed by atoms with van der Waals surface area (Å²) in [5.74, 6) is -0.756. The summed E-state index contributed by atoms with van der Waals surface area (Å²) in [7, 11) is -2.22. The summed E-state index contributed by atoms with van der Waals surface area (Å²) in [6.07, 6.45) is -1.12. The minimum absolute atomic E-state index is 0.0273. The van der Waals surface area contributed by atoms with Gasteiger partial charge in [-0.25, -0.2) is 18.4 Å². The van der Waals surface area contributed by atoms with Gasteiger partial charge in [-0.05, 0) is 61.4 Å². The average Bonchev–Trinajstić information content (AvgIpc) is 3.80. The number of fused-ring (bicyclic) bond motifs is 7. The van der Waals surface area contributed by atoms with E-state index < -0.39 is 39.2 Å².